The Morgan fingerprint density at radius 1 is 1.43 bits per heavy atom. The minimum atomic E-state index is -0.409. The van der Waals surface area contributed by atoms with Crippen LogP contribution in [0, 0.1) is 17.0 Å². The maximum Gasteiger partial charge on any atom is 0.283 e. The van der Waals surface area contributed by atoms with Crippen molar-refractivity contribution in [2.24, 2.45) is 4.99 Å². The fourth-order valence-corrected chi connectivity index (χ4v) is 2.50. The molecule has 0 N–H and O–H groups in total. The van der Waals surface area contributed by atoms with Gasteiger partial charge in [0.2, 0.25) is 0 Å². The predicted octanol–water partition coefficient (Wildman–Crippen LogP) is 3.26. The fourth-order valence-electron chi connectivity index (χ4n) is 1.52. The van der Waals surface area contributed by atoms with E-state index in [1.54, 1.807) is 36.4 Å². The molecule has 1 aromatic heterocycles. The second-order valence-electron chi connectivity index (χ2n) is 4.44. The third kappa shape index (κ3) is 3.60. The predicted molar refractivity (Wildman–Crippen MR) is 80.3 cm³/mol. The topological polar surface area (TPSA) is 84.8 Å². The number of benzene rings is 1. The molecule has 110 valence electrons. The molecule has 1 heterocycles. The van der Waals surface area contributed by atoms with Crippen LogP contribution in [0.2, 0.25) is 0 Å². The van der Waals surface area contributed by atoms with Crippen molar-refractivity contribution >= 4 is 29.7 Å². The van der Waals surface area contributed by atoms with Gasteiger partial charge in [-0.15, -0.1) is 0 Å². The first-order chi connectivity index (χ1) is 9.99. The molecule has 0 saturated heterocycles. The molecule has 2 rings (SSSR count). The van der Waals surface area contributed by atoms with Crippen molar-refractivity contribution in [1.29, 1.82) is 0 Å². The maximum absolute atomic E-state index is 11.1. The highest BCUT2D eigenvalue weighted by molar-refractivity contribution is 7.99. The largest absolute Gasteiger partial charge is 0.369 e. The molecular weight excluding hydrogens is 292 g/mol. The maximum atomic E-state index is 11.1. The zero-order chi connectivity index (χ0) is 15.4. The van der Waals surface area contributed by atoms with Crippen LogP contribution in [0.5, 0.6) is 0 Å². The van der Waals surface area contributed by atoms with Gasteiger partial charge in [-0.05, 0) is 13.0 Å². The summed E-state index contributed by atoms with van der Waals surface area (Å²) in [7, 11) is 3.67. The van der Waals surface area contributed by atoms with Gasteiger partial charge < -0.3 is 9.42 Å². The van der Waals surface area contributed by atoms with E-state index in [2.05, 4.69) is 10.1 Å². The van der Waals surface area contributed by atoms with Crippen LogP contribution in [-0.2, 0) is 0 Å². The molecule has 0 aliphatic carbocycles. The summed E-state index contributed by atoms with van der Waals surface area (Å²) in [5, 5.41) is 14.9. The first-order valence-corrected chi connectivity index (χ1v) is 6.89. The Kier molecular flexibility index (Phi) is 4.59. The molecule has 0 atom stereocenters. The summed E-state index contributed by atoms with van der Waals surface area (Å²) in [6.45, 7) is 1.77. The second-order valence-corrected chi connectivity index (χ2v) is 5.49. The van der Waals surface area contributed by atoms with Gasteiger partial charge in [0.15, 0.2) is 0 Å². The molecule has 0 aliphatic rings. The molecular formula is C13H14N4O3S. The van der Waals surface area contributed by atoms with Gasteiger partial charge in [0.05, 0.1) is 21.9 Å². The monoisotopic (exact) mass is 306 g/mol. The summed E-state index contributed by atoms with van der Waals surface area (Å²) in [5.41, 5.74) is 0.690. The minimum Gasteiger partial charge on any atom is -0.369 e. The number of nitro groups is 1. The molecule has 8 heteroatoms. The Morgan fingerprint density at radius 2 is 2.14 bits per heavy atom. The van der Waals surface area contributed by atoms with Crippen LogP contribution in [0.15, 0.2) is 43.6 Å². The third-order valence-electron chi connectivity index (χ3n) is 2.47. The number of nitrogens with zero attached hydrogens (tertiary/aromatic N) is 4. The number of rotatable bonds is 5. The molecule has 0 unspecified atom stereocenters. The quantitative estimate of drug-likeness (QED) is 0.365. The van der Waals surface area contributed by atoms with Gasteiger partial charge in [0.25, 0.3) is 11.6 Å². The summed E-state index contributed by atoms with van der Waals surface area (Å²) >= 11 is 1.22. The lowest BCUT2D eigenvalue weighted by molar-refractivity contribution is -0.387. The van der Waals surface area contributed by atoms with Crippen molar-refractivity contribution in [3.8, 4) is 0 Å². The van der Waals surface area contributed by atoms with Crippen molar-refractivity contribution in [3.05, 3.63) is 40.1 Å². The van der Waals surface area contributed by atoms with E-state index in [0.717, 1.165) is 0 Å². The number of hydrogen-bond donors (Lipinski definition) is 0. The van der Waals surface area contributed by atoms with E-state index in [9.17, 15) is 10.1 Å². The number of aromatic nitrogens is 1. The zero-order valence-electron chi connectivity index (χ0n) is 11.8. The van der Waals surface area contributed by atoms with Crippen LogP contribution in [-0.4, -0.2) is 35.4 Å². The normalized spacial score (nSPS) is 11.0. The van der Waals surface area contributed by atoms with E-state index in [4.69, 9.17) is 4.52 Å². The summed E-state index contributed by atoms with van der Waals surface area (Å²) in [6.07, 6.45) is 1.59. The van der Waals surface area contributed by atoms with E-state index in [-0.39, 0.29) is 5.69 Å². The molecule has 21 heavy (non-hydrogen) atoms. The summed E-state index contributed by atoms with van der Waals surface area (Å²) in [4.78, 5) is 17.8. The van der Waals surface area contributed by atoms with E-state index in [1.807, 2.05) is 14.1 Å². The lowest BCUT2D eigenvalue weighted by Gasteiger charge is -2.03. The van der Waals surface area contributed by atoms with Gasteiger partial charge >= 0.3 is 0 Å². The third-order valence-corrected chi connectivity index (χ3v) is 3.71. The first-order valence-electron chi connectivity index (χ1n) is 6.07. The second kappa shape index (κ2) is 6.40. The van der Waals surface area contributed by atoms with Crippen LogP contribution >= 0.6 is 11.8 Å². The van der Waals surface area contributed by atoms with Crippen molar-refractivity contribution in [2.45, 2.75) is 16.7 Å². The summed E-state index contributed by atoms with van der Waals surface area (Å²) in [6, 6.07) is 6.54. The van der Waals surface area contributed by atoms with E-state index in [1.165, 1.54) is 17.8 Å². The average molecular weight is 306 g/mol. The molecule has 7 nitrogen and oxygen atoms in total. The molecule has 0 bridgehead atoms. The van der Waals surface area contributed by atoms with E-state index < -0.39 is 4.92 Å². The van der Waals surface area contributed by atoms with Crippen LogP contribution in [0.3, 0.4) is 0 Å². The molecule has 0 amide bonds. The van der Waals surface area contributed by atoms with Gasteiger partial charge in [-0.3, -0.25) is 10.1 Å². The van der Waals surface area contributed by atoms with Crippen LogP contribution in [0.4, 0.5) is 11.6 Å². The van der Waals surface area contributed by atoms with Crippen LogP contribution in [0.25, 0.3) is 0 Å². The van der Waals surface area contributed by atoms with Crippen LogP contribution in [0.1, 0.15) is 5.69 Å². The minimum absolute atomic E-state index is 0.0469. The van der Waals surface area contributed by atoms with Gasteiger partial charge in [-0.2, -0.15) is 0 Å². The number of aliphatic imine (C=N–C) groups is 1. The van der Waals surface area contributed by atoms with Crippen molar-refractivity contribution in [2.75, 3.05) is 14.1 Å². The molecule has 1 aromatic carbocycles. The van der Waals surface area contributed by atoms with Gasteiger partial charge in [-0.1, -0.05) is 29.1 Å². The zero-order valence-corrected chi connectivity index (χ0v) is 12.6. The molecule has 2 aromatic rings. The summed E-state index contributed by atoms with van der Waals surface area (Å²) < 4.78 is 5.15. The Labute approximate surface area is 125 Å². The molecule has 0 radical (unpaired) electrons. The highest BCUT2D eigenvalue weighted by Gasteiger charge is 2.19. The SMILES string of the molecule is Cc1noc(/N=C/N(C)C)c1Sc1ccccc1[N+](=O)[O-]. The Balaban J connectivity index is 2.36. The first kappa shape index (κ1) is 15.0. The number of hydrogen-bond acceptors (Lipinski definition) is 6. The highest BCUT2D eigenvalue weighted by atomic mass is 32.2. The van der Waals surface area contributed by atoms with Crippen molar-refractivity contribution in [1.82, 2.24) is 10.1 Å². The lowest BCUT2D eigenvalue weighted by atomic mass is 10.3. The van der Waals surface area contributed by atoms with Crippen molar-refractivity contribution < 1.29 is 9.45 Å². The van der Waals surface area contributed by atoms with E-state index >= 15 is 0 Å². The fraction of sp³-hybridized carbons (Fsp3) is 0.231. The number of para-hydroxylation sites is 1. The van der Waals surface area contributed by atoms with Gasteiger partial charge in [-0.25, -0.2) is 4.99 Å². The van der Waals surface area contributed by atoms with Gasteiger partial charge in [0, 0.05) is 20.2 Å². The number of aryl methyl sites for hydroxylation is 1. The molecule has 0 fully saturated rings. The highest BCUT2D eigenvalue weighted by Crippen LogP contribution is 2.41. The van der Waals surface area contributed by atoms with Crippen molar-refractivity contribution in [3.63, 3.8) is 0 Å². The Morgan fingerprint density at radius 3 is 2.81 bits per heavy atom. The smallest absolute Gasteiger partial charge is 0.283 e. The average Bonchev–Trinajstić information content (AvgIpc) is 2.78. The number of nitro benzene ring substituents is 1. The Hall–Kier alpha value is -2.35. The Bertz CT molecular complexity index is 682. The van der Waals surface area contributed by atoms with Gasteiger partial charge in [0.1, 0.15) is 4.90 Å². The van der Waals surface area contributed by atoms with Crippen LogP contribution < -0.4 is 0 Å². The molecule has 0 aliphatic heterocycles. The standard InChI is InChI=1S/C13H14N4O3S/c1-9-12(13(20-15-9)14-8-16(2)3)21-11-7-5-4-6-10(11)17(18)19/h4-8H,1-3H3/b14-8+. The van der Waals surface area contributed by atoms with E-state index in [0.29, 0.717) is 21.4 Å². The molecule has 0 saturated carbocycles. The summed E-state index contributed by atoms with van der Waals surface area (Å²) in [5.74, 6) is 0.337. The molecule has 0 spiro atoms. The lowest BCUT2D eigenvalue weighted by Crippen LogP contribution is -2.06.